The van der Waals surface area contributed by atoms with Crippen molar-refractivity contribution in [2.75, 3.05) is 26.1 Å². The fraction of sp³-hybridized carbons (Fsp3) is 0.316. The number of fused-ring (bicyclic) bond motifs is 1. The fourth-order valence-corrected chi connectivity index (χ4v) is 3.84. The Morgan fingerprint density at radius 3 is 2.33 bits per heavy atom. The van der Waals surface area contributed by atoms with Gasteiger partial charge in [-0.25, -0.2) is 0 Å². The van der Waals surface area contributed by atoms with Crippen LogP contribution in [0.2, 0.25) is 0 Å². The summed E-state index contributed by atoms with van der Waals surface area (Å²) in [6.07, 6.45) is 0.338. The van der Waals surface area contributed by atoms with Crippen molar-refractivity contribution in [3.63, 3.8) is 0 Å². The molecule has 1 heterocycles. The first kappa shape index (κ1) is 19.0. The van der Waals surface area contributed by atoms with Gasteiger partial charge in [0, 0.05) is 18.3 Å². The lowest BCUT2D eigenvalue weighted by atomic mass is 9.93. The molecule has 1 N–H and O–H groups in total. The third-order valence-electron chi connectivity index (χ3n) is 4.45. The van der Waals surface area contributed by atoms with Gasteiger partial charge in [-0.3, -0.25) is 4.79 Å². The SMILES string of the molecule is COc1cc2c(cc1OC)NC[C@@H](C(=O)OS(=O)(=O)c1ccc(C)cc1)C2. The lowest BCUT2D eigenvalue weighted by Gasteiger charge is -2.25. The molecular weight excluding hydrogens is 370 g/mol. The second kappa shape index (κ2) is 7.48. The fourth-order valence-electron chi connectivity index (χ4n) is 2.92. The highest BCUT2D eigenvalue weighted by atomic mass is 32.2. The highest BCUT2D eigenvalue weighted by molar-refractivity contribution is 7.87. The Bertz CT molecular complexity index is 953. The topological polar surface area (TPSA) is 90.9 Å². The summed E-state index contributed by atoms with van der Waals surface area (Å²) >= 11 is 0. The predicted molar refractivity (Wildman–Crippen MR) is 99.7 cm³/mol. The molecule has 1 aliphatic rings. The van der Waals surface area contributed by atoms with Crippen LogP contribution >= 0.6 is 0 Å². The van der Waals surface area contributed by atoms with Gasteiger partial charge < -0.3 is 19.0 Å². The molecule has 144 valence electrons. The molecule has 0 aromatic heterocycles. The van der Waals surface area contributed by atoms with Gasteiger partial charge in [0.1, 0.15) is 4.90 Å². The van der Waals surface area contributed by atoms with Crippen LogP contribution in [0.15, 0.2) is 41.3 Å². The molecule has 2 aromatic rings. The summed E-state index contributed by atoms with van der Waals surface area (Å²) in [7, 11) is -1.08. The van der Waals surface area contributed by atoms with E-state index in [0.29, 0.717) is 17.9 Å². The molecule has 0 radical (unpaired) electrons. The predicted octanol–water partition coefficient (Wildman–Crippen LogP) is 2.53. The number of anilines is 1. The van der Waals surface area contributed by atoms with Crippen molar-refractivity contribution in [2.24, 2.45) is 5.92 Å². The zero-order valence-electron chi connectivity index (χ0n) is 15.3. The summed E-state index contributed by atoms with van der Waals surface area (Å²) in [4.78, 5) is 12.4. The third-order valence-corrected chi connectivity index (χ3v) is 5.68. The van der Waals surface area contributed by atoms with Crippen LogP contribution in [0, 0.1) is 12.8 Å². The molecule has 2 aromatic carbocycles. The molecule has 0 saturated carbocycles. The van der Waals surface area contributed by atoms with Crippen LogP contribution in [0.4, 0.5) is 5.69 Å². The number of hydrogen-bond donors (Lipinski definition) is 1. The average Bonchev–Trinajstić information content (AvgIpc) is 2.66. The molecule has 0 amide bonds. The van der Waals surface area contributed by atoms with E-state index < -0.39 is 22.0 Å². The molecular formula is C19H21NO6S. The maximum absolute atomic E-state index is 12.4. The monoisotopic (exact) mass is 391 g/mol. The molecule has 7 nitrogen and oxygen atoms in total. The van der Waals surface area contributed by atoms with Gasteiger partial charge in [0.2, 0.25) is 0 Å². The van der Waals surface area contributed by atoms with Crippen LogP contribution in [0.1, 0.15) is 11.1 Å². The highest BCUT2D eigenvalue weighted by Crippen LogP contribution is 2.36. The van der Waals surface area contributed by atoms with Gasteiger partial charge in [0.25, 0.3) is 0 Å². The van der Waals surface area contributed by atoms with Gasteiger partial charge in [-0.1, -0.05) is 17.7 Å². The molecule has 0 unspecified atom stereocenters. The first-order valence-corrected chi connectivity index (χ1v) is 9.78. The van der Waals surface area contributed by atoms with Gasteiger partial charge in [-0.05, 0) is 37.1 Å². The molecule has 1 atom stereocenters. The summed E-state index contributed by atoms with van der Waals surface area (Å²) in [5.41, 5.74) is 2.56. The van der Waals surface area contributed by atoms with E-state index in [1.807, 2.05) is 6.92 Å². The van der Waals surface area contributed by atoms with Crippen LogP contribution in [0.5, 0.6) is 11.5 Å². The first-order valence-electron chi connectivity index (χ1n) is 8.38. The van der Waals surface area contributed by atoms with Crippen LogP contribution in [-0.2, 0) is 25.5 Å². The molecule has 3 rings (SSSR count). The Morgan fingerprint density at radius 2 is 1.70 bits per heavy atom. The van der Waals surface area contributed by atoms with Gasteiger partial charge in [0.05, 0.1) is 20.1 Å². The number of nitrogens with one attached hydrogen (secondary N) is 1. The Labute approximate surface area is 158 Å². The average molecular weight is 391 g/mol. The number of ether oxygens (including phenoxy) is 2. The largest absolute Gasteiger partial charge is 0.493 e. The zero-order valence-corrected chi connectivity index (χ0v) is 16.1. The lowest BCUT2D eigenvalue weighted by molar-refractivity contribution is -0.137. The van der Waals surface area contributed by atoms with E-state index in [-0.39, 0.29) is 11.4 Å². The summed E-state index contributed by atoms with van der Waals surface area (Å²) in [6.45, 7) is 2.11. The molecule has 0 aliphatic carbocycles. The lowest BCUT2D eigenvalue weighted by Crippen LogP contribution is -2.32. The molecule has 27 heavy (non-hydrogen) atoms. The molecule has 0 spiro atoms. The van der Waals surface area contributed by atoms with E-state index in [2.05, 4.69) is 5.32 Å². The van der Waals surface area contributed by atoms with Crippen molar-refractivity contribution >= 4 is 21.8 Å². The normalized spacial score (nSPS) is 16.0. The van der Waals surface area contributed by atoms with E-state index in [9.17, 15) is 13.2 Å². The molecule has 0 saturated heterocycles. The number of aryl methyl sites for hydroxylation is 1. The van der Waals surface area contributed by atoms with Crippen molar-refractivity contribution in [3.05, 3.63) is 47.5 Å². The van der Waals surface area contributed by atoms with Crippen molar-refractivity contribution in [3.8, 4) is 11.5 Å². The highest BCUT2D eigenvalue weighted by Gasteiger charge is 2.31. The number of carbonyl (C=O) groups excluding carboxylic acids is 1. The van der Waals surface area contributed by atoms with Crippen LogP contribution in [-0.4, -0.2) is 35.2 Å². The van der Waals surface area contributed by atoms with Crippen LogP contribution < -0.4 is 14.8 Å². The van der Waals surface area contributed by atoms with Gasteiger partial charge in [-0.2, -0.15) is 8.42 Å². The van der Waals surface area contributed by atoms with Crippen LogP contribution in [0.3, 0.4) is 0 Å². The van der Waals surface area contributed by atoms with Crippen molar-refractivity contribution in [1.29, 1.82) is 0 Å². The molecule has 0 bridgehead atoms. The summed E-state index contributed by atoms with van der Waals surface area (Å²) in [5.74, 6) is -0.301. The molecule has 8 heteroatoms. The minimum atomic E-state index is -4.15. The number of carbonyl (C=O) groups is 1. The van der Waals surface area contributed by atoms with E-state index in [0.717, 1.165) is 16.8 Å². The smallest absolute Gasteiger partial charge is 0.341 e. The van der Waals surface area contributed by atoms with Gasteiger partial charge in [-0.15, -0.1) is 0 Å². The number of methoxy groups -OCH3 is 2. The van der Waals surface area contributed by atoms with Gasteiger partial charge in [0.15, 0.2) is 11.5 Å². The van der Waals surface area contributed by atoms with E-state index in [1.54, 1.807) is 31.4 Å². The standard InChI is InChI=1S/C19H21NO6S/c1-12-4-6-15(7-5-12)27(22,23)26-19(21)14-8-13-9-17(24-2)18(25-3)10-16(13)20-11-14/h4-7,9-10,14,20H,8,11H2,1-3H3/t14-/m0/s1. The minimum absolute atomic E-state index is 0.0444. The molecule has 0 fully saturated rings. The Kier molecular flexibility index (Phi) is 5.27. The maximum atomic E-state index is 12.4. The maximum Gasteiger partial charge on any atom is 0.341 e. The summed E-state index contributed by atoms with van der Waals surface area (Å²) < 4.78 is 40.1. The second-order valence-electron chi connectivity index (χ2n) is 6.32. The van der Waals surface area contributed by atoms with Gasteiger partial charge >= 0.3 is 16.1 Å². The Hall–Kier alpha value is -2.74. The number of benzene rings is 2. The number of rotatable bonds is 5. The zero-order chi connectivity index (χ0) is 19.6. The van der Waals surface area contributed by atoms with Crippen LogP contribution in [0.25, 0.3) is 0 Å². The summed E-state index contributed by atoms with van der Waals surface area (Å²) in [6, 6.07) is 9.71. The van der Waals surface area contributed by atoms with Crippen molar-refractivity contribution in [2.45, 2.75) is 18.2 Å². The van der Waals surface area contributed by atoms with E-state index in [4.69, 9.17) is 13.7 Å². The molecule has 1 aliphatic heterocycles. The number of hydrogen-bond acceptors (Lipinski definition) is 7. The quantitative estimate of drug-likeness (QED) is 0.783. The van der Waals surface area contributed by atoms with E-state index in [1.165, 1.54) is 19.2 Å². The Morgan fingerprint density at radius 1 is 1.07 bits per heavy atom. The summed E-state index contributed by atoms with van der Waals surface area (Å²) in [5, 5.41) is 3.12. The van der Waals surface area contributed by atoms with Crippen molar-refractivity contribution < 1.29 is 26.9 Å². The second-order valence-corrected chi connectivity index (χ2v) is 7.86. The third kappa shape index (κ3) is 4.00. The van der Waals surface area contributed by atoms with Crippen molar-refractivity contribution in [1.82, 2.24) is 0 Å². The minimum Gasteiger partial charge on any atom is -0.493 e. The first-order chi connectivity index (χ1) is 12.8. The Balaban J connectivity index is 1.76. The van der Waals surface area contributed by atoms with E-state index >= 15 is 0 Å².